The van der Waals surface area contributed by atoms with Gasteiger partial charge in [0, 0.05) is 12.9 Å². The van der Waals surface area contributed by atoms with Gasteiger partial charge in [0.2, 0.25) is 0 Å². The van der Waals surface area contributed by atoms with E-state index in [1.165, 1.54) is 0 Å². The van der Waals surface area contributed by atoms with Gasteiger partial charge in [0.25, 0.3) is 0 Å². The predicted molar refractivity (Wildman–Crippen MR) is 22.8 cm³/mol. The van der Waals surface area contributed by atoms with Gasteiger partial charge in [-0.1, -0.05) is 5.04 Å². The van der Waals surface area contributed by atoms with E-state index >= 15 is 0 Å². The van der Waals surface area contributed by atoms with E-state index in [-0.39, 0.29) is 0 Å². The van der Waals surface area contributed by atoms with E-state index in [9.17, 15) is 0 Å². The topological polar surface area (TPSA) is 27.7 Å². The van der Waals surface area contributed by atoms with Gasteiger partial charge in [0.1, 0.15) is 0 Å². The predicted octanol–water partition coefficient (Wildman–Crippen LogP) is 0.731. The summed E-state index contributed by atoms with van der Waals surface area (Å²) in [6, 6.07) is 0. The molecular weight excluding hydrogens is 104 g/mol. The zero-order valence-corrected chi connectivity index (χ0v) is 4.27. The highest BCUT2D eigenvalue weighted by molar-refractivity contribution is 7.74. The molecule has 3 nitrogen and oxygen atoms in total. The van der Waals surface area contributed by atoms with Gasteiger partial charge in [-0.15, -0.1) is 4.33 Å². The van der Waals surface area contributed by atoms with Crippen molar-refractivity contribution in [1.29, 1.82) is 0 Å². The van der Waals surface area contributed by atoms with E-state index < -0.39 is 0 Å². The molecule has 0 unspecified atom stereocenters. The molecule has 0 bridgehead atoms. The fourth-order valence-electron chi connectivity index (χ4n) is 0.0696. The minimum Gasteiger partial charge on any atom is -0.206 e. The Bertz CT molecular complexity index is 20.8. The van der Waals surface area contributed by atoms with Crippen LogP contribution in [0.3, 0.4) is 0 Å². The second-order valence-corrected chi connectivity index (χ2v) is 0.698. The van der Waals surface area contributed by atoms with Crippen LogP contribution in [-0.4, -0.2) is 6.61 Å². The molecule has 0 heterocycles. The molecule has 0 radical (unpaired) electrons. The highest BCUT2D eigenvalue weighted by Crippen LogP contribution is 1.80. The molecule has 0 saturated heterocycles. The number of hydrogen-bond donors (Lipinski definition) is 1. The normalized spacial score (nSPS) is 9.00. The molecule has 0 aromatic rings. The Labute approximate surface area is 41.7 Å². The van der Waals surface area contributed by atoms with Crippen molar-refractivity contribution in [2.24, 2.45) is 0 Å². The smallest absolute Gasteiger partial charge is 0.0826 e. The first-order valence-corrected chi connectivity index (χ1v) is 1.88. The summed E-state index contributed by atoms with van der Waals surface area (Å²) in [7, 11) is 0. The van der Waals surface area contributed by atoms with Gasteiger partial charge >= 0.3 is 0 Å². The fraction of sp³-hybridized carbons (Fsp3) is 1.00. The van der Waals surface area contributed by atoms with Gasteiger partial charge in [-0.25, -0.2) is 4.89 Å². The Morgan fingerprint density at radius 2 is 2.33 bits per heavy atom. The molecule has 38 valence electrons. The van der Waals surface area contributed by atoms with E-state index in [0.29, 0.717) is 6.61 Å². The molecule has 6 heavy (non-hydrogen) atoms. The first kappa shape index (κ1) is 6.23. The van der Waals surface area contributed by atoms with Gasteiger partial charge in [0.05, 0.1) is 6.61 Å². The Hall–Kier alpha value is 0.230. The van der Waals surface area contributed by atoms with Crippen molar-refractivity contribution < 1.29 is 14.3 Å². The molecule has 0 aliphatic carbocycles. The van der Waals surface area contributed by atoms with Crippen molar-refractivity contribution in [2.75, 3.05) is 6.61 Å². The van der Waals surface area contributed by atoms with Gasteiger partial charge in [-0.2, -0.15) is 0 Å². The van der Waals surface area contributed by atoms with Crippen molar-refractivity contribution in [1.82, 2.24) is 0 Å². The standard InChI is InChI=1S/C2H6O3S/c1-2-3-4-5-6/h6H,2H2,1H3. The van der Waals surface area contributed by atoms with Crippen molar-refractivity contribution in [3.05, 3.63) is 0 Å². The maximum absolute atomic E-state index is 4.18. The molecule has 0 aromatic carbocycles. The third-order valence-electron chi connectivity index (χ3n) is 0.196. The molecule has 0 amide bonds. The van der Waals surface area contributed by atoms with Crippen LogP contribution in [-0.2, 0) is 14.3 Å². The third kappa shape index (κ3) is 4.23. The third-order valence-corrected chi connectivity index (χ3v) is 0.257. The summed E-state index contributed by atoms with van der Waals surface area (Å²) < 4.78 is 3.75. The van der Waals surface area contributed by atoms with Gasteiger partial charge in [-0.3, -0.25) is 0 Å². The first-order chi connectivity index (χ1) is 2.91. The second kappa shape index (κ2) is 5.23. The SMILES string of the molecule is CCOOOS. The van der Waals surface area contributed by atoms with Gasteiger partial charge < -0.3 is 0 Å². The summed E-state index contributed by atoms with van der Waals surface area (Å²) in [5, 5.41) is 3.85. The molecule has 0 saturated carbocycles. The summed E-state index contributed by atoms with van der Waals surface area (Å²) in [5.74, 6) is 0. The molecule has 0 aliphatic heterocycles. The average molecular weight is 110 g/mol. The molecule has 0 aromatic heterocycles. The van der Waals surface area contributed by atoms with E-state index in [2.05, 4.69) is 27.2 Å². The molecular formula is C2H6O3S. The lowest BCUT2D eigenvalue weighted by Gasteiger charge is -1.89. The van der Waals surface area contributed by atoms with Gasteiger partial charge in [0.15, 0.2) is 0 Å². The highest BCUT2D eigenvalue weighted by atomic mass is 32.1. The zero-order valence-electron chi connectivity index (χ0n) is 3.38. The second-order valence-electron chi connectivity index (χ2n) is 0.549. The van der Waals surface area contributed by atoms with Crippen LogP contribution in [0.5, 0.6) is 0 Å². The van der Waals surface area contributed by atoms with E-state index in [1.54, 1.807) is 6.92 Å². The molecule has 0 aliphatic rings. The summed E-state index contributed by atoms with van der Waals surface area (Å²) in [4.78, 5) is 4.18. The quantitative estimate of drug-likeness (QED) is 0.191. The van der Waals surface area contributed by atoms with Crippen LogP contribution in [0, 0.1) is 0 Å². The summed E-state index contributed by atoms with van der Waals surface area (Å²) in [6.07, 6.45) is 0. The lowest BCUT2D eigenvalue weighted by Crippen LogP contribution is -1.86. The minimum absolute atomic E-state index is 0.459. The van der Waals surface area contributed by atoms with Crippen molar-refractivity contribution >= 4 is 12.9 Å². The monoisotopic (exact) mass is 110 g/mol. The van der Waals surface area contributed by atoms with Crippen LogP contribution in [0.2, 0.25) is 0 Å². The molecule has 0 fully saturated rings. The van der Waals surface area contributed by atoms with E-state index in [0.717, 1.165) is 0 Å². The van der Waals surface area contributed by atoms with Crippen molar-refractivity contribution in [3.63, 3.8) is 0 Å². The Balaban J connectivity index is 2.34. The summed E-state index contributed by atoms with van der Waals surface area (Å²) in [5.41, 5.74) is 0. The molecule has 0 atom stereocenters. The molecule has 0 rings (SSSR count). The van der Waals surface area contributed by atoms with Crippen molar-refractivity contribution in [2.45, 2.75) is 6.92 Å². The molecule has 0 spiro atoms. The Morgan fingerprint density at radius 1 is 1.67 bits per heavy atom. The summed E-state index contributed by atoms with van der Waals surface area (Å²) >= 11 is 3.21. The number of rotatable bonds is 3. The molecule has 4 heteroatoms. The molecule has 0 N–H and O–H groups in total. The van der Waals surface area contributed by atoms with Crippen LogP contribution in [0.15, 0.2) is 0 Å². The van der Waals surface area contributed by atoms with Crippen LogP contribution in [0.4, 0.5) is 0 Å². The van der Waals surface area contributed by atoms with Crippen LogP contribution >= 0.6 is 12.9 Å². The maximum Gasteiger partial charge on any atom is 0.0826 e. The van der Waals surface area contributed by atoms with E-state index in [4.69, 9.17) is 0 Å². The zero-order chi connectivity index (χ0) is 4.83. The van der Waals surface area contributed by atoms with Crippen LogP contribution in [0.25, 0.3) is 0 Å². The average Bonchev–Trinajstić information content (AvgIpc) is 1.61. The highest BCUT2D eigenvalue weighted by Gasteiger charge is 1.73. The fourth-order valence-corrected chi connectivity index (χ4v) is 0.113. The summed E-state index contributed by atoms with van der Waals surface area (Å²) in [6.45, 7) is 2.23. The lowest BCUT2D eigenvalue weighted by molar-refractivity contribution is -0.457. The van der Waals surface area contributed by atoms with Gasteiger partial charge in [-0.05, 0) is 6.92 Å². The maximum atomic E-state index is 4.18. The largest absolute Gasteiger partial charge is 0.206 e. The first-order valence-electron chi connectivity index (χ1n) is 1.51. The Morgan fingerprint density at radius 3 is 2.50 bits per heavy atom. The Kier molecular flexibility index (Phi) is 5.43. The lowest BCUT2D eigenvalue weighted by atomic mass is 10.9. The van der Waals surface area contributed by atoms with Crippen LogP contribution in [0.1, 0.15) is 6.92 Å². The van der Waals surface area contributed by atoms with Crippen LogP contribution < -0.4 is 0 Å². The number of hydrogen-bond acceptors (Lipinski definition) is 4. The van der Waals surface area contributed by atoms with Crippen molar-refractivity contribution in [3.8, 4) is 0 Å². The minimum atomic E-state index is 0.459. The van der Waals surface area contributed by atoms with E-state index in [1.807, 2.05) is 0 Å². The number of thiol groups is 1.